The first kappa shape index (κ1) is 24.8. The predicted molar refractivity (Wildman–Crippen MR) is 116 cm³/mol. The summed E-state index contributed by atoms with van der Waals surface area (Å²) in [4.78, 5) is 12.2. The van der Waals surface area contributed by atoms with E-state index in [0.29, 0.717) is 30.0 Å². The van der Waals surface area contributed by atoms with E-state index >= 15 is 0 Å². The van der Waals surface area contributed by atoms with Crippen molar-refractivity contribution in [3.63, 3.8) is 0 Å². The first-order chi connectivity index (χ1) is 14.5. The van der Waals surface area contributed by atoms with Crippen molar-refractivity contribution in [3.8, 4) is 5.75 Å². The quantitative estimate of drug-likeness (QED) is 0.539. The summed E-state index contributed by atoms with van der Waals surface area (Å²) in [5, 5.41) is 7.71. The zero-order valence-electron chi connectivity index (χ0n) is 17.7. The lowest BCUT2D eigenvalue weighted by molar-refractivity contribution is -0.123. The molecule has 0 saturated heterocycles. The van der Waals surface area contributed by atoms with Gasteiger partial charge in [-0.3, -0.25) is 4.79 Å². The van der Waals surface area contributed by atoms with Crippen LogP contribution in [0, 0.1) is 6.92 Å². The summed E-state index contributed by atoms with van der Waals surface area (Å²) in [7, 11) is -7.33. The molecule has 0 aliphatic heterocycles. The van der Waals surface area contributed by atoms with Crippen LogP contribution in [0.4, 0.5) is 0 Å². The van der Waals surface area contributed by atoms with E-state index in [9.17, 15) is 21.6 Å². The molecule has 0 spiro atoms. The second-order valence-electron chi connectivity index (χ2n) is 6.77. The number of hydrogen-bond donors (Lipinski definition) is 2. The van der Waals surface area contributed by atoms with Gasteiger partial charge in [-0.1, -0.05) is 26.0 Å². The van der Waals surface area contributed by atoms with E-state index in [1.165, 1.54) is 34.6 Å². The number of aryl methyl sites for hydroxylation is 1. The van der Waals surface area contributed by atoms with Crippen LogP contribution in [-0.4, -0.2) is 46.7 Å². The maximum Gasteiger partial charge on any atom is 0.258 e. The number of nitrogens with one attached hydrogen (secondary N) is 1. The highest BCUT2D eigenvalue weighted by atomic mass is 32.2. The summed E-state index contributed by atoms with van der Waals surface area (Å²) in [5.74, 6) is 0.0286. The van der Waals surface area contributed by atoms with Gasteiger partial charge in [0, 0.05) is 19.6 Å². The highest BCUT2D eigenvalue weighted by Crippen LogP contribution is 2.24. The molecule has 3 N–H and O–H groups in total. The summed E-state index contributed by atoms with van der Waals surface area (Å²) in [5.41, 5.74) is 1.29. The molecule has 9 nitrogen and oxygen atoms in total. The van der Waals surface area contributed by atoms with Gasteiger partial charge >= 0.3 is 0 Å². The second-order valence-corrected chi connectivity index (χ2v) is 10.3. The summed E-state index contributed by atoms with van der Waals surface area (Å²) < 4.78 is 54.6. The van der Waals surface area contributed by atoms with E-state index in [2.05, 4.69) is 5.32 Å². The van der Waals surface area contributed by atoms with E-state index in [1.54, 1.807) is 32.9 Å². The summed E-state index contributed by atoms with van der Waals surface area (Å²) >= 11 is 0. The van der Waals surface area contributed by atoms with Crippen molar-refractivity contribution in [1.29, 1.82) is 0 Å². The maximum atomic E-state index is 12.6. The van der Waals surface area contributed by atoms with Gasteiger partial charge in [0.25, 0.3) is 5.91 Å². The maximum absolute atomic E-state index is 12.6. The van der Waals surface area contributed by atoms with Gasteiger partial charge in [-0.25, -0.2) is 22.0 Å². The molecule has 0 bridgehead atoms. The third-order valence-corrected chi connectivity index (χ3v) is 7.57. The number of carbonyl (C=O) groups is 1. The minimum absolute atomic E-state index is 0.00663. The van der Waals surface area contributed by atoms with Gasteiger partial charge in [-0.15, -0.1) is 0 Å². The zero-order valence-corrected chi connectivity index (χ0v) is 19.3. The predicted octanol–water partition coefficient (Wildman–Crippen LogP) is 1.37. The average molecular weight is 470 g/mol. The lowest BCUT2D eigenvalue weighted by Gasteiger charge is -2.19. The summed E-state index contributed by atoms with van der Waals surface area (Å²) in [6.07, 6.45) is 0. The van der Waals surface area contributed by atoms with Gasteiger partial charge in [-0.2, -0.15) is 4.31 Å². The van der Waals surface area contributed by atoms with Crippen molar-refractivity contribution >= 4 is 26.0 Å². The fourth-order valence-electron chi connectivity index (χ4n) is 2.85. The lowest BCUT2D eigenvalue weighted by Crippen LogP contribution is -2.30. The molecule has 0 aliphatic carbocycles. The number of ether oxygens (including phenoxy) is 1. The number of nitrogens with two attached hydrogens (primary N) is 1. The molecule has 2 aromatic carbocycles. The van der Waals surface area contributed by atoms with Crippen LogP contribution in [-0.2, 0) is 31.4 Å². The van der Waals surface area contributed by atoms with Crippen molar-refractivity contribution in [2.75, 3.05) is 19.7 Å². The molecule has 0 heterocycles. The fraction of sp³-hybridized carbons (Fsp3) is 0.350. The second kappa shape index (κ2) is 10.2. The molecule has 0 atom stereocenters. The van der Waals surface area contributed by atoms with Gasteiger partial charge < -0.3 is 10.1 Å². The molecule has 0 unspecified atom stereocenters. The molecule has 11 heteroatoms. The number of sulfonamides is 2. The summed E-state index contributed by atoms with van der Waals surface area (Å²) in [6, 6.07) is 10.4. The summed E-state index contributed by atoms with van der Waals surface area (Å²) in [6.45, 7) is 5.95. The van der Waals surface area contributed by atoms with Crippen molar-refractivity contribution < 1.29 is 26.4 Å². The number of hydrogen-bond acceptors (Lipinski definition) is 6. The highest BCUT2D eigenvalue weighted by molar-refractivity contribution is 7.89. The molecular formula is C20H27N3O6S2. The molecule has 0 saturated carbocycles. The highest BCUT2D eigenvalue weighted by Gasteiger charge is 2.22. The third kappa shape index (κ3) is 6.50. The monoisotopic (exact) mass is 469 g/mol. The Bertz CT molecular complexity index is 1130. The lowest BCUT2D eigenvalue weighted by atomic mass is 10.2. The molecule has 1 amide bonds. The number of rotatable bonds is 10. The standard InChI is InChI=1S/C20H27N3O6S2/c1-4-23(5-2)31(27,28)18-10-11-19(15(3)12-18)29-14-20(24)22-13-16-6-8-17(9-7-16)30(21,25)26/h6-12H,4-5,13-14H2,1-3H3,(H,22,24)(H2,21,25,26). The van der Waals surface area contributed by atoms with Crippen molar-refractivity contribution in [3.05, 3.63) is 53.6 Å². The largest absolute Gasteiger partial charge is 0.484 e. The molecule has 2 rings (SSSR count). The van der Waals surface area contributed by atoms with Crippen LogP contribution in [0.25, 0.3) is 0 Å². The van der Waals surface area contributed by atoms with Crippen molar-refractivity contribution in [1.82, 2.24) is 9.62 Å². The van der Waals surface area contributed by atoms with E-state index in [4.69, 9.17) is 9.88 Å². The van der Waals surface area contributed by atoms with Crippen LogP contribution in [0.3, 0.4) is 0 Å². The number of nitrogens with zero attached hydrogens (tertiary/aromatic N) is 1. The average Bonchev–Trinajstić information content (AvgIpc) is 2.71. The van der Waals surface area contributed by atoms with Crippen LogP contribution >= 0.6 is 0 Å². The number of benzene rings is 2. The van der Waals surface area contributed by atoms with Crippen LogP contribution in [0.5, 0.6) is 5.75 Å². The molecular weight excluding hydrogens is 442 g/mol. The van der Waals surface area contributed by atoms with Crippen LogP contribution in [0.1, 0.15) is 25.0 Å². The number of amides is 1. The SMILES string of the molecule is CCN(CC)S(=O)(=O)c1ccc(OCC(=O)NCc2ccc(S(N)(=O)=O)cc2)c(C)c1. The Balaban J connectivity index is 1.95. The minimum Gasteiger partial charge on any atom is -0.484 e. The smallest absolute Gasteiger partial charge is 0.258 e. The van der Waals surface area contributed by atoms with Crippen LogP contribution in [0.2, 0.25) is 0 Å². The first-order valence-corrected chi connectivity index (χ1v) is 12.6. The van der Waals surface area contributed by atoms with Gasteiger partial charge in [0.2, 0.25) is 20.0 Å². The normalized spacial score (nSPS) is 12.0. The van der Waals surface area contributed by atoms with Crippen LogP contribution in [0.15, 0.2) is 52.3 Å². The fourth-order valence-corrected chi connectivity index (χ4v) is 4.91. The third-order valence-electron chi connectivity index (χ3n) is 4.59. The Labute approximate surface area is 183 Å². The van der Waals surface area contributed by atoms with Crippen molar-refractivity contribution in [2.45, 2.75) is 37.1 Å². The molecule has 0 fully saturated rings. The molecule has 2 aromatic rings. The van der Waals surface area contributed by atoms with E-state index < -0.39 is 20.0 Å². The Hall–Kier alpha value is -2.47. The van der Waals surface area contributed by atoms with Gasteiger partial charge in [0.15, 0.2) is 6.61 Å². The van der Waals surface area contributed by atoms with E-state index in [0.717, 1.165) is 0 Å². The molecule has 0 aliphatic rings. The Kier molecular flexibility index (Phi) is 8.18. The Morgan fingerprint density at radius 3 is 2.10 bits per heavy atom. The minimum atomic E-state index is -3.76. The molecule has 0 radical (unpaired) electrons. The van der Waals surface area contributed by atoms with Crippen molar-refractivity contribution in [2.24, 2.45) is 5.14 Å². The van der Waals surface area contributed by atoms with Gasteiger partial charge in [-0.05, 0) is 48.4 Å². The first-order valence-electron chi connectivity index (χ1n) is 9.61. The Morgan fingerprint density at radius 1 is 1.00 bits per heavy atom. The number of primary sulfonamides is 1. The molecule has 0 aromatic heterocycles. The Morgan fingerprint density at radius 2 is 1.58 bits per heavy atom. The molecule has 31 heavy (non-hydrogen) atoms. The van der Waals surface area contributed by atoms with E-state index in [-0.39, 0.29) is 28.8 Å². The van der Waals surface area contributed by atoms with Gasteiger partial charge in [0.1, 0.15) is 5.75 Å². The van der Waals surface area contributed by atoms with Crippen LogP contribution < -0.4 is 15.2 Å². The zero-order chi connectivity index (χ0) is 23.2. The van der Waals surface area contributed by atoms with Gasteiger partial charge in [0.05, 0.1) is 9.79 Å². The topological polar surface area (TPSA) is 136 Å². The van der Waals surface area contributed by atoms with E-state index in [1.807, 2.05) is 0 Å². The molecule has 170 valence electrons. The number of carbonyl (C=O) groups excluding carboxylic acids is 1.